The van der Waals surface area contributed by atoms with Gasteiger partial charge < -0.3 is 0 Å². The molecule has 25 heavy (non-hydrogen) atoms. The lowest BCUT2D eigenvalue weighted by Crippen LogP contribution is -2.45. The van der Waals surface area contributed by atoms with Crippen LogP contribution in [0, 0.1) is 13.8 Å². The van der Waals surface area contributed by atoms with Crippen LogP contribution in [0.5, 0.6) is 0 Å². The molecule has 1 aliphatic heterocycles. The van der Waals surface area contributed by atoms with Gasteiger partial charge in [0.1, 0.15) is 0 Å². The molecule has 0 fully saturated rings. The van der Waals surface area contributed by atoms with Gasteiger partial charge >= 0.3 is 0 Å². The second-order valence-corrected chi connectivity index (χ2v) is 8.47. The zero-order valence-electron chi connectivity index (χ0n) is 16.0. The van der Waals surface area contributed by atoms with E-state index in [0.717, 1.165) is 5.69 Å². The number of para-hydroxylation sites is 1. The summed E-state index contributed by atoms with van der Waals surface area (Å²) >= 11 is 0. The van der Waals surface area contributed by atoms with Crippen molar-refractivity contribution in [3.63, 3.8) is 0 Å². The van der Waals surface area contributed by atoms with Crippen molar-refractivity contribution in [2.24, 2.45) is 0 Å². The maximum absolute atomic E-state index is 5.02. The zero-order valence-corrected chi connectivity index (χ0v) is 16.0. The van der Waals surface area contributed by atoms with Gasteiger partial charge in [-0.2, -0.15) is 5.10 Å². The Bertz CT molecular complexity index is 953. The second kappa shape index (κ2) is 5.08. The van der Waals surface area contributed by atoms with Crippen molar-refractivity contribution in [3.05, 3.63) is 70.9 Å². The molecule has 2 heterocycles. The number of benzene rings is 2. The minimum absolute atomic E-state index is 0.00846. The molecule has 0 atom stereocenters. The van der Waals surface area contributed by atoms with Crippen LogP contribution >= 0.6 is 0 Å². The van der Waals surface area contributed by atoms with Gasteiger partial charge in [-0.05, 0) is 43.7 Å². The van der Waals surface area contributed by atoms with Crippen LogP contribution in [0.15, 0.2) is 48.5 Å². The number of nitrogens with zero attached hydrogens (tertiary/aromatic N) is 2. The Kier molecular flexibility index (Phi) is 3.28. The fraction of sp³-hybridized carbons (Fsp3) is 0.348. The predicted molar refractivity (Wildman–Crippen MR) is 105 cm³/mol. The Morgan fingerprint density at radius 3 is 2.12 bits per heavy atom. The van der Waals surface area contributed by atoms with Crippen molar-refractivity contribution >= 4 is 0 Å². The van der Waals surface area contributed by atoms with Crippen LogP contribution in [0.2, 0.25) is 0 Å². The fourth-order valence-corrected chi connectivity index (χ4v) is 4.12. The smallest absolute Gasteiger partial charge is 0.0930 e. The van der Waals surface area contributed by atoms with Crippen LogP contribution < -0.4 is 0 Å². The van der Waals surface area contributed by atoms with Crippen LogP contribution in [-0.2, 0) is 10.8 Å². The zero-order chi connectivity index (χ0) is 18.0. The van der Waals surface area contributed by atoms with E-state index in [9.17, 15) is 0 Å². The van der Waals surface area contributed by atoms with Gasteiger partial charge in [0.25, 0.3) is 0 Å². The summed E-state index contributed by atoms with van der Waals surface area (Å²) in [7, 11) is 0. The van der Waals surface area contributed by atoms with Gasteiger partial charge in [-0.15, -0.1) is 0 Å². The molecule has 0 aliphatic carbocycles. The Morgan fingerprint density at radius 1 is 0.800 bits per heavy atom. The van der Waals surface area contributed by atoms with Crippen LogP contribution in [0.3, 0.4) is 0 Å². The monoisotopic (exact) mass is 330 g/mol. The molecule has 1 aromatic heterocycles. The average Bonchev–Trinajstić information content (AvgIpc) is 2.99. The number of fused-ring (bicyclic) bond motifs is 3. The highest BCUT2D eigenvalue weighted by atomic mass is 15.3. The molecule has 4 rings (SSSR count). The summed E-state index contributed by atoms with van der Waals surface area (Å²) in [6.45, 7) is 13.7. The van der Waals surface area contributed by atoms with Crippen LogP contribution in [0.1, 0.15) is 50.1 Å². The molecular formula is C23H26N2. The molecule has 0 amide bonds. The van der Waals surface area contributed by atoms with Crippen molar-refractivity contribution in [1.82, 2.24) is 9.78 Å². The Morgan fingerprint density at radius 2 is 1.44 bits per heavy atom. The van der Waals surface area contributed by atoms with E-state index in [1.165, 1.54) is 33.6 Å². The SMILES string of the molecule is Cc1cc(C)cc(-c2cc3n(n2)-c2ccccc2C(C)(C)C3(C)C)c1. The summed E-state index contributed by atoms with van der Waals surface area (Å²) in [6.07, 6.45) is 0. The fourth-order valence-electron chi connectivity index (χ4n) is 4.12. The van der Waals surface area contributed by atoms with Gasteiger partial charge in [-0.1, -0.05) is 63.1 Å². The van der Waals surface area contributed by atoms with E-state index in [1.54, 1.807) is 0 Å². The molecule has 0 bridgehead atoms. The molecule has 0 unspecified atom stereocenters. The van der Waals surface area contributed by atoms with Crippen molar-refractivity contribution in [3.8, 4) is 16.9 Å². The Balaban J connectivity index is 1.99. The lowest BCUT2D eigenvalue weighted by atomic mass is 9.60. The lowest BCUT2D eigenvalue weighted by Gasteiger charge is -2.46. The first kappa shape index (κ1) is 16.1. The van der Waals surface area contributed by atoms with Crippen LogP contribution in [0.4, 0.5) is 0 Å². The summed E-state index contributed by atoms with van der Waals surface area (Å²) in [6, 6.07) is 17.6. The maximum atomic E-state index is 5.02. The molecule has 2 heteroatoms. The minimum atomic E-state index is -0.00846. The van der Waals surface area contributed by atoms with E-state index in [-0.39, 0.29) is 10.8 Å². The van der Waals surface area contributed by atoms with E-state index < -0.39 is 0 Å². The number of aryl methyl sites for hydroxylation is 2. The summed E-state index contributed by atoms with van der Waals surface area (Å²) in [5.74, 6) is 0. The summed E-state index contributed by atoms with van der Waals surface area (Å²) < 4.78 is 2.16. The third-order valence-corrected chi connectivity index (χ3v) is 6.24. The predicted octanol–water partition coefficient (Wildman–Crippen LogP) is 5.72. The van der Waals surface area contributed by atoms with E-state index in [4.69, 9.17) is 5.10 Å². The normalized spacial score (nSPS) is 17.0. The van der Waals surface area contributed by atoms with Crippen molar-refractivity contribution in [2.45, 2.75) is 52.4 Å². The molecule has 0 saturated heterocycles. The molecule has 1 aliphatic rings. The van der Waals surface area contributed by atoms with E-state index in [0.29, 0.717) is 0 Å². The Hall–Kier alpha value is -2.35. The van der Waals surface area contributed by atoms with Crippen molar-refractivity contribution in [2.75, 3.05) is 0 Å². The first-order valence-corrected chi connectivity index (χ1v) is 9.01. The molecular weight excluding hydrogens is 304 g/mol. The lowest BCUT2D eigenvalue weighted by molar-refractivity contribution is 0.275. The second-order valence-electron chi connectivity index (χ2n) is 8.47. The number of rotatable bonds is 1. The van der Waals surface area contributed by atoms with E-state index in [1.807, 2.05) is 0 Å². The molecule has 128 valence electrons. The number of hydrogen-bond donors (Lipinski definition) is 0. The van der Waals surface area contributed by atoms with Gasteiger partial charge in [0, 0.05) is 16.4 Å². The summed E-state index contributed by atoms with van der Waals surface area (Å²) in [5.41, 5.74) is 8.70. The molecule has 0 radical (unpaired) electrons. The molecule has 0 N–H and O–H groups in total. The summed E-state index contributed by atoms with van der Waals surface area (Å²) in [5, 5.41) is 5.02. The molecule has 3 aromatic rings. The van der Waals surface area contributed by atoms with Crippen molar-refractivity contribution in [1.29, 1.82) is 0 Å². The summed E-state index contributed by atoms with van der Waals surface area (Å²) in [4.78, 5) is 0. The first-order valence-electron chi connectivity index (χ1n) is 9.01. The third kappa shape index (κ3) is 2.20. The maximum Gasteiger partial charge on any atom is 0.0930 e. The van der Waals surface area contributed by atoms with Gasteiger partial charge in [-0.3, -0.25) is 0 Å². The largest absolute Gasteiger partial charge is 0.236 e. The van der Waals surface area contributed by atoms with Crippen molar-refractivity contribution < 1.29 is 0 Å². The van der Waals surface area contributed by atoms with Crippen LogP contribution in [0.25, 0.3) is 16.9 Å². The van der Waals surface area contributed by atoms with Gasteiger partial charge in [-0.25, -0.2) is 4.68 Å². The van der Waals surface area contributed by atoms with E-state index in [2.05, 4.69) is 94.8 Å². The molecule has 0 spiro atoms. The molecule has 2 aromatic carbocycles. The Labute approximate surface area is 150 Å². The molecule has 0 saturated carbocycles. The highest BCUT2D eigenvalue weighted by Crippen LogP contribution is 2.50. The number of aromatic nitrogens is 2. The van der Waals surface area contributed by atoms with E-state index >= 15 is 0 Å². The minimum Gasteiger partial charge on any atom is -0.236 e. The topological polar surface area (TPSA) is 17.8 Å². The van der Waals surface area contributed by atoms with Crippen LogP contribution in [-0.4, -0.2) is 9.78 Å². The van der Waals surface area contributed by atoms with Gasteiger partial charge in [0.15, 0.2) is 0 Å². The number of hydrogen-bond acceptors (Lipinski definition) is 1. The molecule has 2 nitrogen and oxygen atoms in total. The van der Waals surface area contributed by atoms with Gasteiger partial charge in [0.05, 0.1) is 17.1 Å². The first-order chi connectivity index (χ1) is 11.7. The highest BCUT2D eigenvalue weighted by molar-refractivity contribution is 5.65. The standard InChI is InChI=1S/C23H26N2/c1-15-11-16(2)13-17(12-15)19-14-21-23(5,6)22(3,4)18-9-7-8-10-20(18)25(21)24-19/h7-14H,1-6H3. The quantitative estimate of drug-likeness (QED) is 0.557. The third-order valence-electron chi connectivity index (χ3n) is 6.24. The average molecular weight is 330 g/mol. The van der Waals surface area contributed by atoms with Gasteiger partial charge in [0.2, 0.25) is 0 Å². The highest BCUT2D eigenvalue weighted by Gasteiger charge is 2.47.